The van der Waals surface area contributed by atoms with Crippen molar-refractivity contribution in [3.8, 4) is 0 Å². The normalized spacial score (nSPS) is 25.8. The summed E-state index contributed by atoms with van der Waals surface area (Å²) in [6.07, 6.45) is 0.294. The van der Waals surface area contributed by atoms with Crippen LogP contribution in [0.1, 0.15) is 13.3 Å². The molecule has 1 fully saturated rings. The third-order valence-electron chi connectivity index (χ3n) is 2.86. The van der Waals surface area contributed by atoms with Gasteiger partial charge in [0.15, 0.2) is 0 Å². The van der Waals surface area contributed by atoms with Crippen molar-refractivity contribution in [1.29, 1.82) is 0 Å². The third-order valence-corrected chi connectivity index (χ3v) is 4.28. The van der Waals surface area contributed by atoms with Crippen molar-refractivity contribution >= 4 is 29.6 Å². The van der Waals surface area contributed by atoms with Crippen molar-refractivity contribution in [2.45, 2.75) is 24.2 Å². The average molecular weight is 287 g/mol. The molecule has 104 valence electrons. The van der Waals surface area contributed by atoms with Crippen LogP contribution >= 0.6 is 11.8 Å². The molecular formula is C11H13NO6S. The van der Waals surface area contributed by atoms with Crippen LogP contribution in [-0.4, -0.2) is 52.4 Å². The number of fused-ring (bicyclic) bond motifs is 1. The Morgan fingerprint density at radius 3 is 2.68 bits per heavy atom. The molecular weight excluding hydrogens is 274 g/mol. The highest BCUT2D eigenvalue weighted by Crippen LogP contribution is 2.44. The quantitative estimate of drug-likeness (QED) is 0.581. The van der Waals surface area contributed by atoms with Gasteiger partial charge in [0.25, 0.3) is 0 Å². The van der Waals surface area contributed by atoms with Gasteiger partial charge >= 0.3 is 11.9 Å². The zero-order valence-corrected chi connectivity index (χ0v) is 11.2. The van der Waals surface area contributed by atoms with Crippen LogP contribution in [0.25, 0.3) is 0 Å². The molecule has 2 heterocycles. The zero-order chi connectivity index (χ0) is 14.2. The minimum atomic E-state index is -1.22. The summed E-state index contributed by atoms with van der Waals surface area (Å²) in [5.41, 5.74) is -0.368. The zero-order valence-electron chi connectivity index (χ0n) is 10.4. The van der Waals surface area contributed by atoms with E-state index in [9.17, 15) is 19.5 Å². The maximum Gasteiger partial charge on any atom is 0.352 e. The Hall–Kier alpha value is -1.54. The molecule has 0 aromatic heterocycles. The fraction of sp³-hybridized carbons (Fsp3) is 0.545. The van der Waals surface area contributed by atoms with E-state index in [1.165, 1.54) is 30.7 Å². The van der Waals surface area contributed by atoms with Gasteiger partial charge in [-0.25, -0.2) is 4.79 Å². The maximum absolute atomic E-state index is 11.5. The van der Waals surface area contributed by atoms with Crippen molar-refractivity contribution in [1.82, 2.24) is 4.90 Å². The Balaban J connectivity index is 2.36. The van der Waals surface area contributed by atoms with Gasteiger partial charge in [0, 0.05) is 19.6 Å². The van der Waals surface area contributed by atoms with Gasteiger partial charge < -0.3 is 14.6 Å². The Kier molecular flexibility index (Phi) is 3.81. The fourth-order valence-electron chi connectivity index (χ4n) is 2.01. The van der Waals surface area contributed by atoms with Crippen molar-refractivity contribution in [3.63, 3.8) is 0 Å². The van der Waals surface area contributed by atoms with Crippen molar-refractivity contribution < 1.29 is 29.0 Å². The average Bonchev–Trinajstić information content (AvgIpc) is 2.33. The second kappa shape index (κ2) is 5.22. The molecule has 0 aromatic carbocycles. The van der Waals surface area contributed by atoms with Crippen LogP contribution in [0.5, 0.6) is 0 Å². The molecule has 1 amide bonds. The number of hydrogen-bond donors (Lipinski definition) is 1. The lowest BCUT2D eigenvalue weighted by Crippen LogP contribution is -2.55. The number of carbonyl (C=O) groups is 3. The summed E-state index contributed by atoms with van der Waals surface area (Å²) in [4.78, 5) is 35.0. The molecule has 0 saturated carbocycles. The molecule has 1 unspecified atom stereocenters. The monoisotopic (exact) mass is 287 g/mol. The first-order valence-corrected chi connectivity index (χ1v) is 6.50. The minimum absolute atomic E-state index is 0.131. The molecule has 2 aliphatic heterocycles. The molecule has 0 radical (unpaired) electrons. The van der Waals surface area contributed by atoms with E-state index in [1.807, 2.05) is 0 Å². The number of esters is 1. The lowest BCUT2D eigenvalue weighted by Gasteiger charge is -2.46. The number of rotatable bonds is 4. The smallest absolute Gasteiger partial charge is 0.352 e. The predicted molar refractivity (Wildman–Crippen MR) is 64.9 cm³/mol. The number of hydrogen-bond acceptors (Lipinski definition) is 6. The number of carboxylic acids is 1. The summed E-state index contributed by atoms with van der Waals surface area (Å²) in [5.74, 6) is -1.98. The van der Waals surface area contributed by atoms with E-state index in [0.29, 0.717) is 12.0 Å². The van der Waals surface area contributed by atoms with Crippen LogP contribution in [-0.2, 0) is 23.9 Å². The molecule has 1 saturated heterocycles. The molecule has 2 atom stereocenters. The highest BCUT2D eigenvalue weighted by molar-refractivity contribution is 8.00. The maximum atomic E-state index is 11.5. The number of nitrogens with zero attached hydrogens (tertiary/aromatic N) is 1. The van der Waals surface area contributed by atoms with E-state index >= 15 is 0 Å². The number of methoxy groups -OCH3 is 1. The van der Waals surface area contributed by atoms with Crippen LogP contribution in [0.3, 0.4) is 0 Å². The first kappa shape index (κ1) is 13.9. The third kappa shape index (κ3) is 2.45. The largest absolute Gasteiger partial charge is 0.477 e. The molecule has 0 bridgehead atoms. The summed E-state index contributed by atoms with van der Waals surface area (Å²) in [6.45, 7) is 1.04. The Bertz CT molecular complexity index is 474. The number of carboxylic acid groups (broad SMARTS) is 1. The van der Waals surface area contributed by atoms with Gasteiger partial charge in [-0.1, -0.05) is 11.8 Å². The first-order valence-electron chi connectivity index (χ1n) is 5.55. The number of aliphatic carboxylic acids is 1. The van der Waals surface area contributed by atoms with Crippen LogP contribution in [0, 0.1) is 0 Å². The van der Waals surface area contributed by atoms with Crippen molar-refractivity contribution in [3.05, 3.63) is 11.3 Å². The van der Waals surface area contributed by atoms with Gasteiger partial charge in [0.1, 0.15) is 17.7 Å². The Morgan fingerprint density at radius 1 is 1.53 bits per heavy atom. The molecule has 7 nitrogen and oxygen atoms in total. The molecule has 2 rings (SSSR count). The van der Waals surface area contributed by atoms with Gasteiger partial charge in [0.05, 0.1) is 11.8 Å². The van der Waals surface area contributed by atoms with Gasteiger partial charge in [0.2, 0.25) is 5.91 Å². The van der Waals surface area contributed by atoms with Gasteiger partial charge in [-0.15, -0.1) is 0 Å². The molecule has 1 N–H and O–H groups in total. The number of thioether (sulfide) groups is 1. The van der Waals surface area contributed by atoms with Crippen LogP contribution in [0.4, 0.5) is 0 Å². The first-order chi connectivity index (χ1) is 8.95. The lowest BCUT2D eigenvalue weighted by molar-refractivity contribution is -0.147. The van der Waals surface area contributed by atoms with Gasteiger partial charge in [-0.3, -0.25) is 14.5 Å². The minimum Gasteiger partial charge on any atom is -0.477 e. The van der Waals surface area contributed by atoms with Crippen LogP contribution < -0.4 is 0 Å². The van der Waals surface area contributed by atoms with E-state index in [-0.39, 0.29) is 23.6 Å². The van der Waals surface area contributed by atoms with E-state index in [0.717, 1.165) is 0 Å². The second-order valence-corrected chi connectivity index (χ2v) is 5.33. The van der Waals surface area contributed by atoms with Crippen LogP contribution in [0.15, 0.2) is 11.3 Å². The van der Waals surface area contributed by atoms with E-state index in [2.05, 4.69) is 0 Å². The van der Waals surface area contributed by atoms with Crippen molar-refractivity contribution in [2.75, 3.05) is 13.7 Å². The predicted octanol–water partition coefficient (Wildman–Crippen LogP) is 0.166. The van der Waals surface area contributed by atoms with E-state index < -0.39 is 17.4 Å². The van der Waals surface area contributed by atoms with Gasteiger partial charge in [-0.05, 0) is 0 Å². The summed E-state index contributed by atoms with van der Waals surface area (Å²) >= 11 is 1.34. The summed E-state index contributed by atoms with van der Waals surface area (Å²) in [7, 11) is 1.45. The lowest BCUT2D eigenvalue weighted by atomic mass is 10.1. The number of β-lactam (4-membered cyclic amide) rings is 1. The number of ether oxygens (including phenoxy) is 2. The highest BCUT2D eigenvalue weighted by Gasteiger charge is 2.48. The Labute approximate surface area is 113 Å². The number of amides is 1. The molecule has 0 aromatic rings. The standard InChI is InChI=1S/C11H13NO6S/c1-5(13)18-4-6-9(10(15)16)12-7(14)3-8(12)19-11(6)17-2/h8,11H,3-4H2,1-2H3,(H,15,16)/t8-,11?/m1/s1. The molecule has 2 aliphatic rings. The molecule has 0 aliphatic carbocycles. The fourth-order valence-corrected chi connectivity index (χ4v) is 3.33. The molecule has 8 heteroatoms. The summed E-state index contributed by atoms with van der Waals surface area (Å²) in [6, 6.07) is 0. The SMILES string of the molecule is COC1S[C@@H]2CC(=O)N2C(C(=O)O)=C1COC(C)=O. The topological polar surface area (TPSA) is 93.1 Å². The molecule has 0 spiro atoms. The highest BCUT2D eigenvalue weighted by atomic mass is 32.2. The summed E-state index contributed by atoms with van der Waals surface area (Å²) in [5, 5.41) is 9.05. The number of carbonyl (C=O) groups excluding carboxylic acids is 2. The van der Waals surface area contributed by atoms with Crippen LogP contribution in [0.2, 0.25) is 0 Å². The molecule has 19 heavy (non-hydrogen) atoms. The summed E-state index contributed by atoms with van der Waals surface area (Å²) < 4.78 is 10.1. The van der Waals surface area contributed by atoms with E-state index in [4.69, 9.17) is 9.47 Å². The van der Waals surface area contributed by atoms with E-state index in [1.54, 1.807) is 0 Å². The Morgan fingerprint density at radius 2 is 2.21 bits per heavy atom. The van der Waals surface area contributed by atoms with Crippen molar-refractivity contribution in [2.24, 2.45) is 0 Å². The van der Waals surface area contributed by atoms with Gasteiger partial charge in [-0.2, -0.15) is 0 Å². The second-order valence-electron chi connectivity index (χ2n) is 4.09.